The lowest BCUT2D eigenvalue weighted by Gasteiger charge is -2.07. The Labute approximate surface area is 83.3 Å². The molecule has 0 amide bonds. The normalized spacial score (nSPS) is 12.3. The monoisotopic (exact) mass is 226 g/mol. The zero-order chi connectivity index (χ0) is 12.0. The zero-order valence-electron chi connectivity index (χ0n) is 7.80. The van der Waals surface area contributed by atoms with Crippen molar-refractivity contribution < 1.29 is 32.6 Å². The molecule has 0 unspecified atom stereocenters. The number of rotatable bonds is 5. The summed E-state index contributed by atoms with van der Waals surface area (Å²) < 4.78 is 40.6. The Morgan fingerprint density at radius 1 is 1.40 bits per heavy atom. The van der Waals surface area contributed by atoms with Crippen LogP contribution in [-0.2, 0) is 14.3 Å². The Kier molecular flexibility index (Phi) is 5.43. The summed E-state index contributed by atoms with van der Waals surface area (Å²) in [4.78, 5) is 21.4. The van der Waals surface area contributed by atoms with Gasteiger partial charge >= 0.3 is 11.9 Å². The number of alkyl halides is 3. The molecular weight excluding hydrogens is 217 g/mol. The van der Waals surface area contributed by atoms with E-state index in [1.54, 1.807) is 0 Å². The van der Waals surface area contributed by atoms with Crippen molar-refractivity contribution in [3.63, 3.8) is 0 Å². The van der Waals surface area contributed by atoms with Gasteiger partial charge in [-0.3, -0.25) is 0 Å². The molecule has 0 aliphatic rings. The van der Waals surface area contributed by atoms with Gasteiger partial charge < -0.3 is 9.84 Å². The average Bonchev–Trinajstić information content (AvgIpc) is 2.12. The third-order valence-electron chi connectivity index (χ3n) is 1.42. The lowest BCUT2D eigenvalue weighted by molar-refractivity contribution is -0.144. The number of hydrogen-bond acceptors (Lipinski definition) is 3. The maximum Gasteiger partial charge on any atom is 0.345 e. The number of ether oxygens (including phenoxy) is 1. The van der Waals surface area contributed by atoms with Crippen LogP contribution in [0.5, 0.6) is 0 Å². The second-order valence-corrected chi connectivity index (χ2v) is 2.36. The molecule has 0 rings (SSSR count). The summed E-state index contributed by atoms with van der Waals surface area (Å²) >= 11 is 0. The molecule has 0 heterocycles. The van der Waals surface area contributed by atoms with E-state index >= 15 is 0 Å². The highest BCUT2D eigenvalue weighted by atomic mass is 19.3. The van der Waals surface area contributed by atoms with E-state index in [4.69, 9.17) is 5.11 Å². The Morgan fingerprint density at radius 2 is 1.93 bits per heavy atom. The van der Waals surface area contributed by atoms with Gasteiger partial charge in [-0.1, -0.05) is 0 Å². The van der Waals surface area contributed by atoms with Gasteiger partial charge in [0.05, 0.1) is 6.61 Å². The minimum Gasteiger partial charge on any atom is -0.477 e. The first-order chi connectivity index (χ1) is 6.95. The van der Waals surface area contributed by atoms with E-state index in [0.717, 1.165) is 0 Å². The summed E-state index contributed by atoms with van der Waals surface area (Å²) in [5.74, 6) is -3.39. The minimum atomic E-state index is -3.34. The van der Waals surface area contributed by atoms with E-state index in [0.29, 0.717) is 0 Å². The van der Waals surface area contributed by atoms with Gasteiger partial charge in [0.25, 0.3) is 6.43 Å². The number of carboxylic acid groups (broad SMARTS) is 1. The van der Waals surface area contributed by atoms with Crippen LogP contribution in [0.2, 0.25) is 0 Å². The van der Waals surface area contributed by atoms with Gasteiger partial charge in [0.15, 0.2) is 5.57 Å². The third kappa shape index (κ3) is 3.61. The van der Waals surface area contributed by atoms with Crippen LogP contribution in [0.4, 0.5) is 13.2 Å². The van der Waals surface area contributed by atoms with Gasteiger partial charge in [-0.15, -0.1) is 0 Å². The maximum absolute atomic E-state index is 12.1. The number of esters is 1. The van der Waals surface area contributed by atoms with E-state index in [9.17, 15) is 22.8 Å². The van der Waals surface area contributed by atoms with E-state index in [2.05, 4.69) is 4.74 Å². The molecular formula is C8H9F3O4. The van der Waals surface area contributed by atoms with Crippen LogP contribution in [0.15, 0.2) is 11.1 Å². The predicted octanol–water partition coefficient (Wildman–Crippen LogP) is 1.17. The van der Waals surface area contributed by atoms with Crippen LogP contribution in [0, 0.1) is 0 Å². The highest BCUT2D eigenvalue weighted by Gasteiger charge is 2.28. The molecule has 0 fully saturated rings. The van der Waals surface area contributed by atoms with Crippen molar-refractivity contribution in [2.45, 2.75) is 13.3 Å². The summed E-state index contributed by atoms with van der Waals surface area (Å²) in [6, 6.07) is 0. The Hall–Kier alpha value is -1.53. The average molecular weight is 226 g/mol. The Balaban J connectivity index is 5.25. The number of hydrogen-bond donors (Lipinski definition) is 1. The molecule has 1 N–H and O–H groups in total. The first kappa shape index (κ1) is 13.5. The first-order valence-corrected chi connectivity index (χ1v) is 3.93. The summed E-state index contributed by atoms with van der Waals surface area (Å²) in [5, 5.41) is 8.46. The van der Waals surface area contributed by atoms with Crippen molar-refractivity contribution in [2.75, 3.05) is 13.3 Å². The molecule has 15 heavy (non-hydrogen) atoms. The molecule has 0 bridgehead atoms. The molecule has 0 atom stereocenters. The summed E-state index contributed by atoms with van der Waals surface area (Å²) in [6.45, 7) is -0.522. The second-order valence-electron chi connectivity index (χ2n) is 2.36. The van der Waals surface area contributed by atoms with Crippen LogP contribution in [0.1, 0.15) is 6.92 Å². The molecule has 4 nitrogen and oxygen atoms in total. The van der Waals surface area contributed by atoms with Crippen molar-refractivity contribution in [3.8, 4) is 0 Å². The van der Waals surface area contributed by atoms with Crippen molar-refractivity contribution >= 4 is 11.9 Å². The molecule has 0 aliphatic carbocycles. The highest BCUT2D eigenvalue weighted by Crippen LogP contribution is 2.16. The van der Waals surface area contributed by atoms with E-state index < -0.39 is 36.2 Å². The Bertz CT molecular complexity index is 286. The molecule has 0 aromatic heterocycles. The van der Waals surface area contributed by atoms with Gasteiger partial charge in [0.2, 0.25) is 0 Å². The van der Waals surface area contributed by atoms with E-state index in [1.165, 1.54) is 6.92 Å². The molecule has 0 radical (unpaired) electrons. The minimum absolute atomic E-state index is 0.182. The van der Waals surface area contributed by atoms with Gasteiger partial charge in [0, 0.05) is 5.57 Å². The number of carbonyl (C=O) groups excluding carboxylic acids is 1. The molecule has 0 saturated heterocycles. The molecule has 0 aliphatic heterocycles. The summed E-state index contributed by atoms with van der Waals surface area (Å²) in [7, 11) is 0. The number of allylic oxidation sites excluding steroid dienone is 1. The van der Waals surface area contributed by atoms with Crippen LogP contribution >= 0.6 is 0 Å². The lowest BCUT2D eigenvalue weighted by Crippen LogP contribution is -2.21. The first-order valence-electron chi connectivity index (χ1n) is 3.93. The molecule has 86 valence electrons. The zero-order valence-corrected chi connectivity index (χ0v) is 7.80. The van der Waals surface area contributed by atoms with Gasteiger partial charge in [-0.2, -0.15) is 0 Å². The molecule has 0 aromatic carbocycles. The smallest absolute Gasteiger partial charge is 0.345 e. The van der Waals surface area contributed by atoms with Gasteiger partial charge in [-0.25, -0.2) is 22.8 Å². The standard InChI is InChI=1S/C8H9F3O4/c1-2-15-8(14)5(7(12)13)4(3-9)6(10)11/h6H,2-3H2,1H3,(H,12,13). The van der Waals surface area contributed by atoms with Crippen molar-refractivity contribution in [3.05, 3.63) is 11.1 Å². The Morgan fingerprint density at radius 3 is 2.20 bits per heavy atom. The number of aliphatic carboxylic acids is 1. The van der Waals surface area contributed by atoms with E-state index in [-0.39, 0.29) is 6.61 Å². The quantitative estimate of drug-likeness (QED) is 0.331. The summed E-state index contributed by atoms with van der Waals surface area (Å²) in [6.07, 6.45) is -3.34. The number of carbonyl (C=O) groups is 2. The number of carboxylic acids is 1. The third-order valence-corrected chi connectivity index (χ3v) is 1.42. The summed E-state index contributed by atoms with van der Waals surface area (Å²) in [5.41, 5.74) is -2.71. The fourth-order valence-corrected chi connectivity index (χ4v) is 0.793. The van der Waals surface area contributed by atoms with Gasteiger partial charge in [-0.05, 0) is 6.92 Å². The fourth-order valence-electron chi connectivity index (χ4n) is 0.793. The SMILES string of the molecule is CCOC(=O)C(C(=O)O)=C(CF)C(F)F. The van der Waals surface area contributed by atoms with Crippen molar-refractivity contribution in [2.24, 2.45) is 0 Å². The lowest BCUT2D eigenvalue weighted by atomic mass is 10.1. The topological polar surface area (TPSA) is 63.6 Å². The fraction of sp³-hybridized carbons (Fsp3) is 0.500. The maximum atomic E-state index is 12.1. The molecule has 0 saturated carbocycles. The van der Waals surface area contributed by atoms with Gasteiger partial charge in [0.1, 0.15) is 6.67 Å². The highest BCUT2D eigenvalue weighted by molar-refractivity contribution is 6.14. The molecule has 0 spiro atoms. The van der Waals surface area contributed by atoms with Crippen LogP contribution in [-0.4, -0.2) is 36.8 Å². The molecule has 0 aromatic rings. The largest absolute Gasteiger partial charge is 0.477 e. The van der Waals surface area contributed by atoms with E-state index in [1.807, 2.05) is 0 Å². The second kappa shape index (κ2) is 6.05. The van der Waals surface area contributed by atoms with Crippen molar-refractivity contribution in [1.29, 1.82) is 0 Å². The van der Waals surface area contributed by atoms with Crippen LogP contribution in [0.25, 0.3) is 0 Å². The van der Waals surface area contributed by atoms with Crippen molar-refractivity contribution in [1.82, 2.24) is 0 Å². The van der Waals surface area contributed by atoms with Crippen LogP contribution < -0.4 is 0 Å². The molecule has 7 heteroatoms. The van der Waals surface area contributed by atoms with Crippen LogP contribution in [0.3, 0.4) is 0 Å². The number of halogens is 3. The predicted molar refractivity (Wildman–Crippen MR) is 43.3 cm³/mol.